The molecule has 1 fully saturated rings. The second-order valence-corrected chi connectivity index (χ2v) is 5.66. The van der Waals surface area contributed by atoms with Gasteiger partial charge < -0.3 is 15.0 Å². The molecule has 1 amide bonds. The molecule has 112 valence electrons. The topological polar surface area (TPSA) is 69.2 Å². The number of para-hydroxylation sites is 1. The zero-order valence-electron chi connectivity index (χ0n) is 12.3. The molecule has 0 saturated carbocycles. The minimum atomic E-state index is -0.272. The summed E-state index contributed by atoms with van der Waals surface area (Å²) in [6.45, 7) is 3.34. The minimum absolute atomic E-state index is 0.0158. The van der Waals surface area contributed by atoms with Crippen molar-refractivity contribution in [3.05, 3.63) is 29.6 Å². The number of aryl methyl sites for hydroxylation is 1. The third-order valence-corrected chi connectivity index (χ3v) is 4.03. The standard InChI is InChI=1S/C16H21N3O2/c1-2-4-14-17-13-6-3-5-12(15(13)18-14)16(21)19-9-7-11(20)8-10-19/h3,5-6,11,20H,2,4,7-10H2,1H3,(H,17,18). The Bertz CT molecular complexity index is 642. The van der Waals surface area contributed by atoms with Gasteiger partial charge in [0.2, 0.25) is 0 Å². The van der Waals surface area contributed by atoms with Crippen LogP contribution in [0, 0.1) is 0 Å². The van der Waals surface area contributed by atoms with Gasteiger partial charge in [0.05, 0.1) is 17.2 Å². The largest absolute Gasteiger partial charge is 0.393 e. The predicted octanol–water partition coefficient (Wildman–Crippen LogP) is 2.11. The van der Waals surface area contributed by atoms with Crippen molar-refractivity contribution in [1.29, 1.82) is 0 Å². The lowest BCUT2D eigenvalue weighted by Crippen LogP contribution is -2.40. The van der Waals surface area contributed by atoms with Gasteiger partial charge in [-0.25, -0.2) is 4.98 Å². The van der Waals surface area contributed by atoms with E-state index in [0.717, 1.165) is 29.7 Å². The molecule has 2 N–H and O–H groups in total. The van der Waals surface area contributed by atoms with Gasteiger partial charge in [-0.1, -0.05) is 13.0 Å². The fraction of sp³-hybridized carbons (Fsp3) is 0.500. The first-order chi connectivity index (χ1) is 10.2. The molecule has 1 aliphatic rings. The van der Waals surface area contributed by atoms with Gasteiger partial charge in [0.1, 0.15) is 11.3 Å². The Labute approximate surface area is 124 Å². The number of benzene rings is 1. The molecule has 1 saturated heterocycles. The number of aromatic nitrogens is 2. The normalized spacial score (nSPS) is 16.6. The molecule has 3 rings (SSSR count). The van der Waals surface area contributed by atoms with E-state index in [9.17, 15) is 9.90 Å². The number of H-pyrrole nitrogens is 1. The number of hydrogen-bond acceptors (Lipinski definition) is 3. The number of piperidine rings is 1. The number of nitrogens with zero attached hydrogens (tertiary/aromatic N) is 2. The van der Waals surface area contributed by atoms with Crippen molar-refractivity contribution >= 4 is 16.9 Å². The van der Waals surface area contributed by atoms with Gasteiger partial charge in [0, 0.05) is 19.5 Å². The quantitative estimate of drug-likeness (QED) is 0.908. The number of hydrogen-bond donors (Lipinski definition) is 2. The van der Waals surface area contributed by atoms with Gasteiger partial charge in [-0.2, -0.15) is 0 Å². The van der Waals surface area contributed by atoms with Crippen LogP contribution in [0.2, 0.25) is 0 Å². The van der Waals surface area contributed by atoms with E-state index in [1.54, 1.807) is 0 Å². The Balaban J connectivity index is 1.90. The van der Waals surface area contributed by atoms with Crippen molar-refractivity contribution in [2.75, 3.05) is 13.1 Å². The number of rotatable bonds is 3. The summed E-state index contributed by atoms with van der Waals surface area (Å²) in [6.07, 6.45) is 2.95. The van der Waals surface area contributed by atoms with Crippen LogP contribution in [0.5, 0.6) is 0 Å². The summed E-state index contributed by atoms with van der Waals surface area (Å²) in [7, 11) is 0. The fourth-order valence-corrected chi connectivity index (χ4v) is 2.85. The van der Waals surface area contributed by atoms with Crippen LogP contribution in [0.4, 0.5) is 0 Å². The van der Waals surface area contributed by atoms with E-state index in [1.807, 2.05) is 23.1 Å². The Morgan fingerprint density at radius 3 is 2.90 bits per heavy atom. The summed E-state index contributed by atoms with van der Waals surface area (Å²) in [5, 5.41) is 9.56. The van der Waals surface area contributed by atoms with E-state index in [0.29, 0.717) is 31.5 Å². The highest BCUT2D eigenvalue weighted by atomic mass is 16.3. The predicted molar refractivity (Wildman–Crippen MR) is 81.2 cm³/mol. The average Bonchev–Trinajstić information content (AvgIpc) is 2.90. The lowest BCUT2D eigenvalue weighted by atomic mass is 10.1. The first kappa shape index (κ1) is 14.1. The second-order valence-electron chi connectivity index (χ2n) is 5.66. The van der Waals surface area contributed by atoms with E-state index in [-0.39, 0.29) is 12.0 Å². The van der Waals surface area contributed by atoms with Crippen molar-refractivity contribution in [2.24, 2.45) is 0 Å². The van der Waals surface area contributed by atoms with E-state index < -0.39 is 0 Å². The Hall–Kier alpha value is -1.88. The van der Waals surface area contributed by atoms with Gasteiger partial charge in [-0.15, -0.1) is 0 Å². The van der Waals surface area contributed by atoms with Gasteiger partial charge in [0.15, 0.2) is 0 Å². The highest BCUT2D eigenvalue weighted by Crippen LogP contribution is 2.21. The number of aromatic amines is 1. The molecule has 1 aliphatic heterocycles. The summed E-state index contributed by atoms with van der Waals surface area (Å²) in [5.74, 6) is 0.948. The smallest absolute Gasteiger partial charge is 0.256 e. The van der Waals surface area contributed by atoms with Gasteiger partial charge in [-0.3, -0.25) is 4.79 Å². The zero-order chi connectivity index (χ0) is 14.8. The first-order valence-corrected chi connectivity index (χ1v) is 7.64. The zero-order valence-corrected chi connectivity index (χ0v) is 12.3. The molecular weight excluding hydrogens is 266 g/mol. The van der Waals surface area contributed by atoms with Crippen molar-refractivity contribution in [3.63, 3.8) is 0 Å². The minimum Gasteiger partial charge on any atom is -0.393 e. The molecule has 21 heavy (non-hydrogen) atoms. The SMILES string of the molecule is CCCc1nc2c(C(=O)N3CCC(O)CC3)cccc2[nH]1. The highest BCUT2D eigenvalue weighted by Gasteiger charge is 2.24. The Morgan fingerprint density at radius 2 is 2.19 bits per heavy atom. The van der Waals surface area contributed by atoms with E-state index in [1.165, 1.54) is 0 Å². The summed E-state index contributed by atoms with van der Waals surface area (Å²) in [5.41, 5.74) is 2.33. The third-order valence-electron chi connectivity index (χ3n) is 4.03. The van der Waals surface area contributed by atoms with Crippen LogP contribution in [-0.4, -0.2) is 45.1 Å². The Kier molecular flexibility index (Phi) is 3.92. The van der Waals surface area contributed by atoms with Crippen LogP contribution >= 0.6 is 0 Å². The first-order valence-electron chi connectivity index (χ1n) is 7.64. The summed E-state index contributed by atoms with van der Waals surface area (Å²) in [6, 6.07) is 5.69. The molecule has 0 radical (unpaired) electrons. The maximum Gasteiger partial charge on any atom is 0.256 e. The molecule has 5 nitrogen and oxygen atoms in total. The number of carbonyl (C=O) groups is 1. The van der Waals surface area contributed by atoms with Gasteiger partial charge in [-0.05, 0) is 31.4 Å². The van der Waals surface area contributed by atoms with E-state index in [4.69, 9.17) is 0 Å². The summed E-state index contributed by atoms with van der Waals surface area (Å²) < 4.78 is 0. The Morgan fingerprint density at radius 1 is 1.43 bits per heavy atom. The van der Waals surface area contributed by atoms with Gasteiger partial charge >= 0.3 is 0 Å². The monoisotopic (exact) mass is 287 g/mol. The summed E-state index contributed by atoms with van der Waals surface area (Å²) >= 11 is 0. The molecule has 0 spiro atoms. The van der Waals surface area contributed by atoms with Gasteiger partial charge in [0.25, 0.3) is 5.91 Å². The number of carbonyl (C=O) groups excluding carboxylic acids is 1. The molecule has 0 unspecified atom stereocenters. The van der Waals surface area contributed by atoms with Crippen LogP contribution in [0.15, 0.2) is 18.2 Å². The fourth-order valence-electron chi connectivity index (χ4n) is 2.85. The molecule has 2 aromatic rings. The van der Waals surface area contributed by atoms with Crippen LogP contribution in [0.25, 0.3) is 11.0 Å². The third kappa shape index (κ3) is 2.78. The molecule has 2 heterocycles. The molecule has 5 heteroatoms. The lowest BCUT2D eigenvalue weighted by molar-refractivity contribution is 0.0548. The molecule has 1 aromatic heterocycles. The molecule has 0 aliphatic carbocycles. The van der Waals surface area contributed by atoms with Crippen LogP contribution < -0.4 is 0 Å². The number of nitrogens with one attached hydrogen (secondary N) is 1. The number of fused-ring (bicyclic) bond motifs is 1. The number of aliphatic hydroxyl groups excluding tert-OH is 1. The number of aliphatic hydroxyl groups is 1. The van der Waals surface area contributed by atoms with Crippen molar-refractivity contribution in [2.45, 2.75) is 38.7 Å². The summed E-state index contributed by atoms with van der Waals surface area (Å²) in [4.78, 5) is 22.4. The highest BCUT2D eigenvalue weighted by molar-refractivity contribution is 6.04. The van der Waals surface area contributed by atoms with Crippen molar-refractivity contribution in [1.82, 2.24) is 14.9 Å². The van der Waals surface area contributed by atoms with E-state index >= 15 is 0 Å². The van der Waals surface area contributed by atoms with Crippen LogP contribution in [-0.2, 0) is 6.42 Å². The number of imidazole rings is 1. The second kappa shape index (κ2) is 5.85. The molecular formula is C16H21N3O2. The molecule has 1 aromatic carbocycles. The van der Waals surface area contributed by atoms with Crippen molar-refractivity contribution < 1.29 is 9.90 Å². The number of likely N-dealkylation sites (tertiary alicyclic amines) is 1. The van der Waals surface area contributed by atoms with Crippen molar-refractivity contribution in [3.8, 4) is 0 Å². The molecule has 0 bridgehead atoms. The maximum atomic E-state index is 12.7. The van der Waals surface area contributed by atoms with Crippen LogP contribution in [0.3, 0.4) is 0 Å². The average molecular weight is 287 g/mol. The number of amides is 1. The lowest BCUT2D eigenvalue weighted by Gasteiger charge is -2.29. The maximum absolute atomic E-state index is 12.7. The van der Waals surface area contributed by atoms with Crippen LogP contribution in [0.1, 0.15) is 42.4 Å². The van der Waals surface area contributed by atoms with E-state index in [2.05, 4.69) is 16.9 Å². The molecule has 0 atom stereocenters.